The van der Waals surface area contributed by atoms with Crippen molar-refractivity contribution >= 4 is 17.5 Å². The summed E-state index contributed by atoms with van der Waals surface area (Å²) >= 11 is 6.15. The van der Waals surface area contributed by atoms with Gasteiger partial charge in [-0.25, -0.2) is 0 Å². The van der Waals surface area contributed by atoms with Crippen LogP contribution in [-0.2, 0) is 11.8 Å². The van der Waals surface area contributed by atoms with Gasteiger partial charge in [-0.1, -0.05) is 17.7 Å². The molecule has 1 aromatic heterocycles. The van der Waals surface area contributed by atoms with Crippen molar-refractivity contribution in [1.29, 1.82) is 0 Å². The molecule has 20 heavy (non-hydrogen) atoms. The maximum atomic E-state index is 11.8. The number of aryl methyl sites for hydroxylation is 1. The van der Waals surface area contributed by atoms with E-state index in [1.165, 1.54) is 0 Å². The van der Waals surface area contributed by atoms with Crippen LogP contribution in [0.1, 0.15) is 24.4 Å². The molecule has 1 amide bonds. The Kier molecular flexibility index (Phi) is 3.26. The zero-order valence-electron chi connectivity index (χ0n) is 11.5. The molecule has 0 aliphatic carbocycles. The van der Waals surface area contributed by atoms with Crippen molar-refractivity contribution in [3.63, 3.8) is 0 Å². The molecule has 0 saturated carbocycles. The number of nitrogens with zero attached hydrogens (tertiary/aromatic N) is 3. The molecule has 2 aromatic rings. The van der Waals surface area contributed by atoms with Crippen molar-refractivity contribution in [2.45, 2.75) is 18.9 Å². The maximum Gasteiger partial charge on any atom is 0.222 e. The fourth-order valence-electron chi connectivity index (χ4n) is 2.80. The van der Waals surface area contributed by atoms with Gasteiger partial charge in [-0.05, 0) is 29.7 Å². The Bertz CT molecular complexity index is 665. The summed E-state index contributed by atoms with van der Waals surface area (Å²) in [5.74, 6) is 0.187. The SMILES string of the molecule is CN1C(=O)CCC1c1cc(Cl)ccc1-c1cnn(C)c1. The number of rotatable bonds is 2. The summed E-state index contributed by atoms with van der Waals surface area (Å²) in [4.78, 5) is 13.6. The summed E-state index contributed by atoms with van der Waals surface area (Å²) in [7, 11) is 3.75. The summed E-state index contributed by atoms with van der Waals surface area (Å²) in [5.41, 5.74) is 3.24. The average molecular weight is 290 g/mol. The molecular formula is C15H16ClN3O. The third kappa shape index (κ3) is 2.20. The highest BCUT2D eigenvalue weighted by Gasteiger charge is 2.30. The van der Waals surface area contributed by atoms with E-state index in [0.29, 0.717) is 11.4 Å². The van der Waals surface area contributed by atoms with Gasteiger partial charge in [-0.2, -0.15) is 5.10 Å². The smallest absolute Gasteiger partial charge is 0.222 e. The fraction of sp³-hybridized carbons (Fsp3) is 0.333. The van der Waals surface area contributed by atoms with Gasteiger partial charge >= 0.3 is 0 Å². The van der Waals surface area contributed by atoms with E-state index in [4.69, 9.17) is 11.6 Å². The molecule has 0 spiro atoms. The summed E-state index contributed by atoms with van der Waals surface area (Å²) in [5, 5.41) is 4.92. The second kappa shape index (κ2) is 4.94. The molecule has 0 bridgehead atoms. The van der Waals surface area contributed by atoms with Crippen LogP contribution in [0.25, 0.3) is 11.1 Å². The molecule has 5 heteroatoms. The minimum atomic E-state index is 0.0939. The molecule has 1 atom stereocenters. The van der Waals surface area contributed by atoms with E-state index in [1.807, 2.05) is 49.6 Å². The lowest BCUT2D eigenvalue weighted by Gasteiger charge is -2.23. The highest BCUT2D eigenvalue weighted by molar-refractivity contribution is 6.30. The minimum absolute atomic E-state index is 0.0939. The monoisotopic (exact) mass is 289 g/mol. The predicted octanol–water partition coefficient (Wildman–Crippen LogP) is 3.03. The lowest BCUT2D eigenvalue weighted by molar-refractivity contribution is -0.127. The van der Waals surface area contributed by atoms with E-state index in [2.05, 4.69) is 5.10 Å². The van der Waals surface area contributed by atoms with E-state index in [9.17, 15) is 4.79 Å². The van der Waals surface area contributed by atoms with Gasteiger partial charge in [0.15, 0.2) is 0 Å². The quantitative estimate of drug-likeness (QED) is 0.852. The number of benzene rings is 1. The molecule has 2 heterocycles. The Labute approximate surface area is 123 Å². The van der Waals surface area contributed by atoms with Crippen molar-refractivity contribution in [3.05, 3.63) is 41.2 Å². The number of aromatic nitrogens is 2. The molecule has 0 radical (unpaired) electrons. The van der Waals surface area contributed by atoms with Crippen LogP contribution >= 0.6 is 11.6 Å². The van der Waals surface area contributed by atoms with E-state index in [1.54, 1.807) is 4.68 Å². The zero-order chi connectivity index (χ0) is 14.3. The van der Waals surface area contributed by atoms with Crippen molar-refractivity contribution in [3.8, 4) is 11.1 Å². The first kappa shape index (κ1) is 13.2. The second-order valence-corrected chi connectivity index (χ2v) is 5.63. The number of carbonyl (C=O) groups excluding carboxylic acids is 1. The number of hydrogen-bond acceptors (Lipinski definition) is 2. The van der Waals surface area contributed by atoms with Gasteiger partial charge in [-0.3, -0.25) is 9.48 Å². The Morgan fingerprint density at radius 3 is 2.75 bits per heavy atom. The second-order valence-electron chi connectivity index (χ2n) is 5.19. The van der Waals surface area contributed by atoms with Crippen LogP contribution in [0.2, 0.25) is 5.02 Å². The van der Waals surface area contributed by atoms with Gasteiger partial charge in [0, 0.05) is 37.3 Å². The fourth-order valence-corrected chi connectivity index (χ4v) is 2.98. The van der Waals surface area contributed by atoms with Crippen LogP contribution in [0.3, 0.4) is 0 Å². The van der Waals surface area contributed by atoms with Crippen LogP contribution in [0, 0.1) is 0 Å². The summed E-state index contributed by atoms with van der Waals surface area (Å²) in [6.07, 6.45) is 5.25. The molecule has 1 aliphatic rings. The summed E-state index contributed by atoms with van der Waals surface area (Å²) < 4.78 is 1.78. The molecule has 1 saturated heterocycles. The van der Waals surface area contributed by atoms with Crippen molar-refractivity contribution in [2.75, 3.05) is 7.05 Å². The minimum Gasteiger partial charge on any atom is -0.339 e. The van der Waals surface area contributed by atoms with Gasteiger partial charge < -0.3 is 4.90 Å². The number of amides is 1. The molecule has 1 fully saturated rings. The van der Waals surface area contributed by atoms with E-state index >= 15 is 0 Å². The molecule has 1 aromatic carbocycles. The molecule has 4 nitrogen and oxygen atoms in total. The molecule has 1 unspecified atom stereocenters. The van der Waals surface area contributed by atoms with Gasteiger partial charge in [0.25, 0.3) is 0 Å². The number of halogens is 1. The average Bonchev–Trinajstić information content (AvgIpc) is 2.98. The first-order valence-corrected chi connectivity index (χ1v) is 6.98. The molecule has 1 aliphatic heterocycles. The number of likely N-dealkylation sites (tertiary alicyclic amines) is 1. The number of hydrogen-bond donors (Lipinski definition) is 0. The zero-order valence-corrected chi connectivity index (χ0v) is 12.3. The Morgan fingerprint density at radius 2 is 2.15 bits per heavy atom. The lowest BCUT2D eigenvalue weighted by atomic mass is 9.95. The van der Waals surface area contributed by atoms with Crippen molar-refractivity contribution in [2.24, 2.45) is 7.05 Å². The molecule has 0 N–H and O–H groups in total. The summed E-state index contributed by atoms with van der Waals surface area (Å²) in [6, 6.07) is 5.94. The van der Waals surface area contributed by atoms with Crippen LogP contribution in [-0.4, -0.2) is 27.6 Å². The van der Waals surface area contributed by atoms with Crippen molar-refractivity contribution in [1.82, 2.24) is 14.7 Å². The van der Waals surface area contributed by atoms with Crippen LogP contribution in [0.4, 0.5) is 0 Å². The highest BCUT2D eigenvalue weighted by atomic mass is 35.5. The van der Waals surface area contributed by atoms with Crippen LogP contribution < -0.4 is 0 Å². The Hall–Kier alpha value is -1.81. The third-order valence-corrected chi connectivity index (χ3v) is 4.12. The number of carbonyl (C=O) groups is 1. The third-order valence-electron chi connectivity index (χ3n) is 3.88. The topological polar surface area (TPSA) is 38.1 Å². The Morgan fingerprint density at radius 1 is 1.35 bits per heavy atom. The lowest BCUT2D eigenvalue weighted by Crippen LogP contribution is -2.22. The normalized spacial score (nSPS) is 18.9. The van der Waals surface area contributed by atoms with Gasteiger partial charge in [-0.15, -0.1) is 0 Å². The van der Waals surface area contributed by atoms with Gasteiger partial charge in [0.2, 0.25) is 5.91 Å². The van der Waals surface area contributed by atoms with Crippen LogP contribution in [0.5, 0.6) is 0 Å². The van der Waals surface area contributed by atoms with E-state index < -0.39 is 0 Å². The van der Waals surface area contributed by atoms with E-state index in [0.717, 1.165) is 23.1 Å². The molecule has 3 rings (SSSR count). The van der Waals surface area contributed by atoms with Gasteiger partial charge in [0.1, 0.15) is 0 Å². The first-order valence-electron chi connectivity index (χ1n) is 6.60. The maximum absolute atomic E-state index is 11.8. The first-order chi connectivity index (χ1) is 9.56. The van der Waals surface area contributed by atoms with Crippen LogP contribution in [0.15, 0.2) is 30.6 Å². The predicted molar refractivity (Wildman–Crippen MR) is 78.4 cm³/mol. The largest absolute Gasteiger partial charge is 0.339 e. The summed E-state index contributed by atoms with van der Waals surface area (Å²) in [6.45, 7) is 0. The Balaban J connectivity index is 2.09. The van der Waals surface area contributed by atoms with Crippen molar-refractivity contribution < 1.29 is 4.79 Å². The highest BCUT2D eigenvalue weighted by Crippen LogP contribution is 2.38. The molecular weight excluding hydrogens is 274 g/mol. The van der Waals surface area contributed by atoms with E-state index in [-0.39, 0.29) is 11.9 Å². The van der Waals surface area contributed by atoms with Gasteiger partial charge in [0.05, 0.1) is 12.2 Å². The standard InChI is InChI=1S/C15H16ClN3O/c1-18-9-10(8-17-18)12-4-3-11(16)7-13(12)14-5-6-15(20)19(14)2/h3-4,7-9,14H,5-6H2,1-2H3. The molecule has 104 valence electrons.